The molecule has 0 saturated heterocycles. The Morgan fingerprint density at radius 2 is 2.15 bits per heavy atom. The highest BCUT2D eigenvalue weighted by atomic mass is 32.2. The molecule has 2 rings (SSSR count). The first-order valence-corrected chi connectivity index (χ1v) is 7.61. The fraction of sp³-hybridized carbons (Fsp3) is 0.333. The minimum Gasteiger partial charge on any atom is -0.373 e. The summed E-state index contributed by atoms with van der Waals surface area (Å²) in [5, 5.41) is 10.9. The van der Waals surface area contributed by atoms with E-state index in [1.807, 2.05) is 11.0 Å². The normalized spacial score (nSPS) is 14.2. The van der Waals surface area contributed by atoms with Crippen molar-refractivity contribution in [3.63, 3.8) is 0 Å². The minimum absolute atomic E-state index is 0.0661. The first-order valence-electron chi connectivity index (χ1n) is 6.00. The summed E-state index contributed by atoms with van der Waals surface area (Å²) < 4.78 is 29.9. The molecule has 108 valence electrons. The van der Waals surface area contributed by atoms with Gasteiger partial charge in [-0.2, -0.15) is 8.42 Å². The number of rotatable bonds is 5. The summed E-state index contributed by atoms with van der Waals surface area (Å²) in [5.74, 6) is -0.293. The van der Waals surface area contributed by atoms with Crippen LogP contribution < -0.4 is 0 Å². The number of hydrogen-bond acceptors (Lipinski definition) is 5. The van der Waals surface area contributed by atoms with Crippen LogP contribution in [0.5, 0.6) is 0 Å². The fourth-order valence-corrected chi connectivity index (χ4v) is 2.64. The second kappa shape index (κ2) is 5.59. The summed E-state index contributed by atoms with van der Waals surface area (Å²) in [5.41, 5.74) is 1.48. The smallest absolute Gasteiger partial charge is 0.276 e. The Labute approximate surface area is 116 Å². The first kappa shape index (κ1) is 14.5. The Hall–Kier alpha value is -1.93. The van der Waals surface area contributed by atoms with E-state index in [1.165, 1.54) is 6.07 Å². The van der Waals surface area contributed by atoms with Crippen molar-refractivity contribution >= 4 is 21.9 Å². The van der Waals surface area contributed by atoms with Crippen LogP contribution in [-0.2, 0) is 16.7 Å². The van der Waals surface area contributed by atoms with E-state index in [0.717, 1.165) is 5.56 Å². The molecule has 0 bridgehead atoms. The maximum Gasteiger partial charge on any atom is 0.276 e. The zero-order chi connectivity index (χ0) is 14.8. The second-order valence-electron chi connectivity index (χ2n) is 4.53. The number of nitro groups is 1. The summed E-state index contributed by atoms with van der Waals surface area (Å²) in [7, 11) is -3.94. The molecule has 0 amide bonds. The Balaban J connectivity index is 2.06. The molecule has 0 saturated carbocycles. The van der Waals surface area contributed by atoms with Gasteiger partial charge in [-0.15, -0.1) is 0 Å². The van der Waals surface area contributed by atoms with Crippen LogP contribution in [0.2, 0.25) is 0 Å². The Morgan fingerprint density at radius 3 is 2.80 bits per heavy atom. The van der Waals surface area contributed by atoms with Crippen LogP contribution in [0.4, 0.5) is 5.69 Å². The minimum atomic E-state index is -3.94. The average molecular weight is 298 g/mol. The van der Waals surface area contributed by atoms with E-state index in [0.29, 0.717) is 25.1 Å². The fourth-order valence-electron chi connectivity index (χ4n) is 2.14. The van der Waals surface area contributed by atoms with E-state index >= 15 is 0 Å². The van der Waals surface area contributed by atoms with Gasteiger partial charge in [-0.3, -0.25) is 14.7 Å². The summed E-state index contributed by atoms with van der Waals surface area (Å²) in [6.45, 7) is 0.942. The molecule has 1 aliphatic rings. The maximum atomic E-state index is 10.9. The number of fused-ring (bicyclic) bond motifs is 1. The molecule has 0 atom stereocenters. The van der Waals surface area contributed by atoms with Crippen molar-refractivity contribution in [3.05, 3.63) is 45.6 Å². The third-order valence-electron chi connectivity index (χ3n) is 3.04. The molecular formula is C12H14N2O5S. The van der Waals surface area contributed by atoms with Crippen molar-refractivity contribution in [2.45, 2.75) is 13.0 Å². The van der Waals surface area contributed by atoms with Crippen LogP contribution >= 0.6 is 0 Å². The van der Waals surface area contributed by atoms with Gasteiger partial charge < -0.3 is 4.90 Å². The molecular weight excluding hydrogens is 284 g/mol. The van der Waals surface area contributed by atoms with E-state index in [4.69, 9.17) is 4.55 Å². The van der Waals surface area contributed by atoms with Gasteiger partial charge >= 0.3 is 0 Å². The molecule has 1 aromatic rings. The number of benzene rings is 1. The summed E-state index contributed by atoms with van der Waals surface area (Å²) in [6, 6.07) is 4.89. The number of nitro benzene ring substituents is 1. The molecule has 0 radical (unpaired) electrons. The molecule has 1 aliphatic heterocycles. The molecule has 1 aromatic carbocycles. The van der Waals surface area contributed by atoms with Crippen molar-refractivity contribution in [2.75, 3.05) is 12.3 Å². The van der Waals surface area contributed by atoms with Gasteiger partial charge in [0.1, 0.15) is 0 Å². The predicted molar refractivity (Wildman–Crippen MR) is 73.6 cm³/mol. The van der Waals surface area contributed by atoms with Crippen LogP contribution in [0, 0.1) is 10.1 Å². The molecule has 8 heteroatoms. The van der Waals surface area contributed by atoms with Gasteiger partial charge in [-0.05, 0) is 18.1 Å². The molecule has 0 unspecified atom stereocenters. The number of hydrogen-bond donors (Lipinski definition) is 1. The van der Waals surface area contributed by atoms with E-state index in [-0.39, 0.29) is 11.4 Å². The van der Waals surface area contributed by atoms with Gasteiger partial charge in [0, 0.05) is 25.4 Å². The van der Waals surface area contributed by atoms with Crippen molar-refractivity contribution < 1.29 is 17.9 Å². The molecule has 1 heterocycles. The van der Waals surface area contributed by atoms with Gasteiger partial charge in [0.2, 0.25) is 0 Å². The zero-order valence-corrected chi connectivity index (χ0v) is 11.4. The highest BCUT2D eigenvalue weighted by molar-refractivity contribution is 7.85. The molecule has 0 aliphatic carbocycles. The van der Waals surface area contributed by atoms with Crippen molar-refractivity contribution in [1.29, 1.82) is 0 Å². The average Bonchev–Trinajstić information content (AvgIpc) is 2.36. The number of nitrogens with zero attached hydrogens (tertiary/aromatic N) is 2. The molecule has 0 fully saturated rings. The van der Waals surface area contributed by atoms with Gasteiger partial charge in [-0.25, -0.2) is 0 Å². The van der Waals surface area contributed by atoms with Gasteiger partial charge in [0.25, 0.3) is 15.8 Å². The third-order valence-corrected chi connectivity index (χ3v) is 3.85. The Morgan fingerprint density at radius 1 is 1.40 bits per heavy atom. The van der Waals surface area contributed by atoms with Crippen molar-refractivity contribution in [2.24, 2.45) is 0 Å². The summed E-state index contributed by atoms with van der Waals surface area (Å²) >= 11 is 0. The lowest BCUT2D eigenvalue weighted by Gasteiger charge is -2.24. The quantitative estimate of drug-likeness (QED) is 0.504. The lowest BCUT2D eigenvalue weighted by Crippen LogP contribution is -2.23. The van der Waals surface area contributed by atoms with Crippen LogP contribution in [0.15, 0.2) is 24.4 Å². The molecule has 20 heavy (non-hydrogen) atoms. The highest BCUT2D eigenvalue weighted by Crippen LogP contribution is 2.28. The first-order chi connectivity index (χ1) is 9.37. The molecule has 0 spiro atoms. The van der Waals surface area contributed by atoms with Crippen LogP contribution in [0.3, 0.4) is 0 Å². The lowest BCUT2D eigenvalue weighted by molar-refractivity contribution is -0.385. The zero-order valence-electron chi connectivity index (χ0n) is 10.6. The molecule has 0 aromatic heterocycles. The van der Waals surface area contributed by atoms with Crippen LogP contribution in [0.25, 0.3) is 6.08 Å². The predicted octanol–water partition coefficient (Wildman–Crippen LogP) is 1.66. The van der Waals surface area contributed by atoms with Crippen LogP contribution in [0.1, 0.15) is 17.5 Å². The van der Waals surface area contributed by atoms with Crippen molar-refractivity contribution in [1.82, 2.24) is 4.90 Å². The van der Waals surface area contributed by atoms with Gasteiger partial charge in [-0.1, -0.05) is 12.1 Å². The molecule has 7 nitrogen and oxygen atoms in total. The SMILES string of the molecule is O=[N+]([O-])c1cccc2c1C=CN(CCCS(=O)(=O)O)C2. The van der Waals surface area contributed by atoms with Gasteiger partial charge in [0.15, 0.2) is 0 Å². The highest BCUT2D eigenvalue weighted by Gasteiger charge is 2.19. The second-order valence-corrected chi connectivity index (χ2v) is 6.10. The standard InChI is InChI=1S/C12H14N2O5S/c15-14(16)12-4-1-3-10-9-13(7-5-11(10)12)6-2-8-20(17,18)19/h1,3-5,7H,2,6,8-9H2,(H,17,18,19). The topological polar surface area (TPSA) is 101 Å². The molecule has 1 N–H and O–H groups in total. The van der Waals surface area contributed by atoms with E-state index in [1.54, 1.807) is 18.3 Å². The van der Waals surface area contributed by atoms with Gasteiger partial charge in [0.05, 0.1) is 16.2 Å². The van der Waals surface area contributed by atoms with Crippen molar-refractivity contribution in [3.8, 4) is 0 Å². The van der Waals surface area contributed by atoms with Crippen LogP contribution in [-0.4, -0.2) is 35.1 Å². The summed E-state index contributed by atoms with van der Waals surface area (Å²) in [6.07, 6.45) is 3.66. The monoisotopic (exact) mass is 298 g/mol. The maximum absolute atomic E-state index is 10.9. The van der Waals surface area contributed by atoms with E-state index in [2.05, 4.69) is 0 Å². The van der Waals surface area contributed by atoms with E-state index in [9.17, 15) is 18.5 Å². The van der Waals surface area contributed by atoms with E-state index < -0.39 is 15.0 Å². The largest absolute Gasteiger partial charge is 0.373 e. The summed E-state index contributed by atoms with van der Waals surface area (Å²) in [4.78, 5) is 12.3. The third kappa shape index (κ3) is 3.55. The Bertz CT molecular complexity index is 654. The lowest BCUT2D eigenvalue weighted by atomic mass is 10.0. The Kier molecular flexibility index (Phi) is 4.05.